The molecule has 1 unspecified atom stereocenters. The topological polar surface area (TPSA) is 67.9 Å². The van der Waals surface area contributed by atoms with Gasteiger partial charge in [-0.15, -0.1) is 0 Å². The Kier molecular flexibility index (Phi) is 5.09. The number of nitrogens with zero attached hydrogens (tertiary/aromatic N) is 1. The smallest absolute Gasteiger partial charge is 0.226 e. The SMILES string of the molecule is CC(=O)N1C=Cc2ccccc2C1CC(=O)Nc1cc2c(cc1Br)OCCO2. The summed E-state index contributed by atoms with van der Waals surface area (Å²) in [7, 11) is 0. The lowest BCUT2D eigenvalue weighted by molar-refractivity contribution is -0.129. The molecule has 1 atom stereocenters. The summed E-state index contributed by atoms with van der Waals surface area (Å²) >= 11 is 3.46. The fourth-order valence-corrected chi connectivity index (χ4v) is 3.87. The second kappa shape index (κ2) is 7.67. The van der Waals surface area contributed by atoms with Crippen LogP contribution in [0.3, 0.4) is 0 Å². The van der Waals surface area contributed by atoms with Crippen molar-refractivity contribution in [2.45, 2.75) is 19.4 Å². The predicted octanol–water partition coefficient (Wildman–Crippen LogP) is 4.12. The zero-order chi connectivity index (χ0) is 19.7. The molecule has 2 aromatic rings. The van der Waals surface area contributed by atoms with Crippen LogP contribution in [0.25, 0.3) is 6.08 Å². The van der Waals surface area contributed by atoms with E-state index in [1.807, 2.05) is 30.3 Å². The average molecular weight is 443 g/mol. The number of rotatable bonds is 3. The van der Waals surface area contributed by atoms with Gasteiger partial charge in [-0.3, -0.25) is 9.59 Å². The van der Waals surface area contributed by atoms with Gasteiger partial charge in [0, 0.05) is 29.7 Å². The summed E-state index contributed by atoms with van der Waals surface area (Å²) in [6.45, 7) is 2.47. The number of anilines is 1. The fourth-order valence-electron chi connectivity index (χ4n) is 3.45. The number of amides is 2. The molecule has 0 bridgehead atoms. The first kappa shape index (κ1) is 18.6. The highest BCUT2D eigenvalue weighted by molar-refractivity contribution is 9.10. The van der Waals surface area contributed by atoms with Crippen LogP contribution in [-0.2, 0) is 9.59 Å². The van der Waals surface area contributed by atoms with E-state index in [0.29, 0.717) is 34.9 Å². The Balaban J connectivity index is 1.56. The molecule has 2 aromatic carbocycles. The van der Waals surface area contributed by atoms with Gasteiger partial charge in [0.05, 0.1) is 18.2 Å². The molecule has 4 rings (SSSR count). The number of hydrogen-bond donors (Lipinski definition) is 1. The molecule has 2 aliphatic heterocycles. The quantitative estimate of drug-likeness (QED) is 0.775. The molecule has 2 heterocycles. The molecule has 28 heavy (non-hydrogen) atoms. The fraction of sp³-hybridized carbons (Fsp3) is 0.238. The van der Waals surface area contributed by atoms with E-state index < -0.39 is 0 Å². The average Bonchev–Trinajstić information content (AvgIpc) is 2.68. The minimum absolute atomic E-state index is 0.107. The first-order valence-corrected chi connectivity index (χ1v) is 9.77. The summed E-state index contributed by atoms with van der Waals surface area (Å²) in [5.41, 5.74) is 2.57. The van der Waals surface area contributed by atoms with Crippen LogP contribution < -0.4 is 14.8 Å². The number of halogens is 1. The van der Waals surface area contributed by atoms with Gasteiger partial charge in [0.1, 0.15) is 13.2 Å². The minimum Gasteiger partial charge on any atom is -0.486 e. The Morgan fingerprint density at radius 2 is 1.89 bits per heavy atom. The van der Waals surface area contributed by atoms with Crippen LogP contribution in [0.2, 0.25) is 0 Å². The van der Waals surface area contributed by atoms with Crippen LogP contribution in [0.5, 0.6) is 11.5 Å². The van der Waals surface area contributed by atoms with E-state index in [1.165, 1.54) is 6.92 Å². The highest BCUT2D eigenvalue weighted by Gasteiger charge is 2.28. The van der Waals surface area contributed by atoms with Crippen molar-refractivity contribution < 1.29 is 19.1 Å². The van der Waals surface area contributed by atoms with Crippen LogP contribution >= 0.6 is 15.9 Å². The van der Waals surface area contributed by atoms with Gasteiger partial charge in [-0.05, 0) is 33.1 Å². The van der Waals surface area contributed by atoms with E-state index in [4.69, 9.17) is 9.47 Å². The molecular weight excluding hydrogens is 424 g/mol. The standard InChI is InChI=1S/C21H19BrN2O4/c1-13(25)24-7-6-14-4-2-3-5-15(14)18(24)12-21(26)23-17-11-20-19(10-16(17)22)27-8-9-28-20/h2-7,10-11,18H,8-9,12H2,1H3,(H,23,26). The molecule has 0 saturated carbocycles. The maximum absolute atomic E-state index is 12.8. The van der Waals surface area contributed by atoms with E-state index in [0.717, 1.165) is 11.1 Å². The largest absolute Gasteiger partial charge is 0.486 e. The molecule has 0 saturated heterocycles. The Bertz CT molecular complexity index is 973. The van der Waals surface area contributed by atoms with Gasteiger partial charge in [0.15, 0.2) is 11.5 Å². The highest BCUT2D eigenvalue weighted by atomic mass is 79.9. The first-order chi connectivity index (χ1) is 13.5. The van der Waals surface area contributed by atoms with Crippen LogP contribution in [0.15, 0.2) is 47.1 Å². The summed E-state index contributed by atoms with van der Waals surface area (Å²) in [5, 5.41) is 2.91. The monoisotopic (exact) mass is 442 g/mol. The lowest BCUT2D eigenvalue weighted by Crippen LogP contribution is -2.33. The molecular formula is C21H19BrN2O4. The highest BCUT2D eigenvalue weighted by Crippen LogP contribution is 2.39. The van der Waals surface area contributed by atoms with E-state index in [9.17, 15) is 9.59 Å². The van der Waals surface area contributed by atoms with Crippen molar-refractivity contribution in [2.24, 2.45) is 0 Å². The van der Waals surface area contributed by atoms with Crippen LogP contribution in [0.4, 0.5) is 5.69 Å². The second-order valence-electron chi connectivity index (χ2n) is 6.61. The summed E-state index contributed by atoms with van der Waals surface area (Å²) in [4.78, 5) is 26.5. The van der Waals surface area contributed by atoms with Crippen molar-refractivity contribution in [1.82, 2.24) is 4.90 Å². The Hall–Kier alpha value is -2.80. The third kappa shape index (κ3) is 3.62. The van der Waals surface area contributed by atoms with Gasteiger partial charge in [0.25, 0.3) is 0 Å². The number of carbonyl (C=O) groups excluding carboxylic acids is 2. The summed E-state index contributed by atoms with van der Waals surface area (Å²) in [6, 6.07) is 11.0. The van der Waals surface area contributed by atoms with Gasteiger partial charge in [-0.2, -0.15) is 0 Å². The van der Waals surface area contributed by atoms with Crippen molar-refractivity contribution in [1.29, 1.82) is 0 Å². The van der Waals surface area contributed by atoms with Crippen LogP contribution in [0.1, 0.15) is 30.5 Å². The summed E-state index contributed by atoms with van der Waals surface area (Å²) in [6.07, 6.45) is 3.77. The van der Waals surface area contributed by atoms with Crippen molar-refractivity contribution in [3.63, 3.8) is 0 Å². The number of benzene rings is 2. The number of carbonyl (C=O) groups is 2. The van der Waals surface area contributed by atoms with Crippen molar-refractivity contribution >= 4 is 39.5 Å². The minimum atomic E-state index is -0.352. The van der Waals surface area contributed by atoms with E-state index in [2.05, 4.69) is 21.2 Å². The summed E-state index contributed by atoms with van der Waals surface area (Å²) < 4.78 is 11.8. The van der Waals surface area contributed by atoms with E-state index >= 15 is 0 Å². The molecule has 144 valence electrons. The molecule has 0 fully saturated rings. The zero-order valence-electron chi connectivity index (χ0n) is 15.3. The summed E-state index contributed by atoms with van der Waals surface area (Å²) in [5.74, 6) is 0.939. The van der Waals surface area contributed by atoms with Crippen LogP contribution in [-0.4, -0.2) is 29.9 Å². The molecule has 0 aromatic heterocycles. The Morgan fingerprint density at radius 3 is 2.64 bits per heavy atom. The van der Waals surface area contributed by atoms with Crippen molar-refractivity contribution in [3.05, 3.63) is 58.2 Å². The molecule has 0 radical (unpaired) electrons. The van der Waals surface area contributed by atoms with Crippen LogP contribution in [0, 0.1) is 0 Å². The van der Waals surface area contributed by atoms with Gasteiger partial charge in [-0.25, -0.2) is 0 Å². The molecule has 0 aliphatic carbocycles. The van der Waals surface area contributed by atoms with Crippen molar-refractivity contribution in [3.8, 4) is 11.5 Å². The normalized spacial score (nSPS) is 17.1. The lowest BCUT2D eigenvalue weighted by atomic mass is 9.93. The second-order valence-corrected chi connectivity index (χ2v) is 7.47. The van der Waals surface area contributed by atoms with Gasteiger partial charge in [-0.1, -0.05) is 24.3 Å². The van der Waals surface area contributed by atoms with Gasteiger partial charge >= 0.3 is 0 Å². The molecule has 7 heteroatoms. The third-order valence-electron chi connectivity index (χ3n) is 4.75. The van der Waals surface area contributed by atoms with Gasteiger partial charge in [0.2, 0.25) is 11.8 Å². The molecule has 6 nitrogen and oxygen atoms in total. The number of nitrogens with one attached hydrogen (secondary N) is 1. The molecule has 1 N–H and O–H groups in total. The number of hydrogen-bond acceptors (Lipinski definition) is 4. The lowest BCUT2D eigenvalue weighted by Gasteiger charge is -2.32. The third-order valence-corrected chi connectivity index (χ3v) is 5.41. The molecule has 0 spiro atoms. The molecule has 2 aliphatic rings. The number of ether oxygens (including phenoxy) is 2. The Labute approximate surface area is 171 Å². The maximum atomic E-state index is 12.8. The first-order valence-electron chi connectivity index (χ1n) is 8.98. The molecule has 2 amide bonds. The Morgan fingerprint density at radius 1 is 1.18 bits per heavy atom. The van der Waals surface area contributed by atoms with E-state index in [1.54, 1.807) is 23.2 Å². The van der Waals surface area contributed by atoms with Crippen molar-refractivity contribution in [2.75, 3.05) is 18.5 Å². The van der Waals surface area contributed by atoms with Gasteiger partial charge < -0.3 is 19.7 Å². The maximum Gasteiger partial charge on any atom is 0.226 e. The predicted molar refractivity (Wildman–Crippen MR) is 109 cm³/mol. The number of fused-ring (bicyclic) bond motifs is 2. The zero-order valence-corrected chi connectivity index (χ0v) is 16.9. The van der Waals surface area contributed by atoms with E-state index in [-0.39, 0.29) is 24.3 Å².